The first-order chi connectivity index (χ1) is 6.66. The van der Waals surface area contributed by atoms with E-state index in [1.165, 1.54) is 0 Å². The Morgan fingerprint density at radius 3 is 2.71 bits per heavy atom. The fourth-order valence-corrected chi connectivity index (χ4v) is 2.18. The van der Waals surface area contributed by atoms with Crippen LogP contribution in [0, 0.1) is 0 Å². The van der Waals surface area contributed by atoms with E-state index in [9.17, 15) is 4.79 Å². The van der Waals surface area contributed by atoms with Gasteiger partial charge in [0.25, 0.3) is 5.91 Å². The second kappa shape index (κ2) is 3.87. The zero-order valence-corrected chi connectivity index (χ0v) is 8.61. The number of nitrogens with zero attached hydrogens (tertiary/aromatic N) is 1. The maximum absolute atomic E-state index is 11.9. The molecule has 1 amide bonds. The van der Waals surface area contributed by atoms with Crippen molar-refractivity contribution in [3.8, 4) is 0 Å². The van der Waals surface area contributed by atoms with E-state index in [2.05, 4.69) is 0 Å². The number of carbonyl (C=O) groups excluding carboxylic acids is 1. The molecule has 0 spiro atoms. The fraction of sp³-hybridized carbons (Fsp3) is 0.900. The van der Waals surface area contributed by atoms with Gasteiger partial charge in [-0.3, -0.25) is 4.79 Å². The van der Waals surface area contributed by atoms with Crippen LogP contribution in [0.3, 0.4) is 0 Å². The summed E-state index contributed by atoms with van der Waals surface area (Å²) >= 11 is 0. The average molecular weight is 198 g/mol. The molecule has 2 aliphatic rings. The van der Waals surface area contributed by atoms with Gasteiger partial charge in [-0.05, 0) is 26.2 Å². The first kappa shape index (κ1) is 9.93. The van der Waals surface area contributed by atoms with Crippen LogP contribution in [0.2, 0.25) is 0 Å². The highest BCUT2D eigenvalue weighted by atomic mass is 16.5. The maximum atomic E-state index is 11.9. The highest BCUT2D eigenvalue weighted by Crippen LogP contribution is 2.22. The molecule has 0 aromatic rings. The van der Waals surface area contributed by atoms with Crippen LogP contribution in [0.4, 0.5) is 0 Å². The molecule has 2 fully saturated rings. The number of amides is 1. The molecule has 4 nitrogen and oxygen atoms in total. The summed E-state index contributed by atoms with van der Waals surface area (Å²) in [7, 11) is 0. The maximum Gasteiger partial charge on any atom is 0.251 e. The van der Waals surface area contributed by atoms with Crippen molar-refractivity contribution in [1.82, 2.24) is 4.90 Å². The summed E-state index contributed by atoms with van der Waals surface area (Å²) < 4.78 is 5.54. The molecule has 14 heavy (non-hydrogen) atoms. The van der Waals surface area contributed by atoms with Crippen molar-refractivity contribution in [3.05, 3.63) is 0 Å². The zero-order chi connectivity index (χ0) is 10.1. The smallest absolute Gasteiger partial charge is 0.251 e. The quantitative estimate of drug-likeness (QED) is 0.651. The molecule has 0 radical (unpaired) electrons. The molecule has 0 bridgehead atoms. The Morgan fingerprint density at radius 1 is 1.43 bits per heavy atom. The van der Waals surface area contributed by atoms with E-state index < -0.39 is 0 Å². The third-order valence-corrected chi connectivity index (χ3v) is 3.04. The summed E-state index contributed by atoms with van der Waals surface area (Å²) in [5.41, 5.74) is 5.75. The van der Waals surface area contributed by atoms with Crippen LogP contribution in [0.1, 0.15) is 26.2 Å². The number of ether oxygens (including phenoxy) is 1. The molecule has 80 valence electrons. The minimum atomic E-state index is -0.199. The Hall–Kier alpha value is -0.610. The lowest BCUT2D eigenvalue weighted by Crippen LogP contribution is -2.39. The summed E-state index contributed by atoms with van der Waals surface area (Å²) in [6.45, 7) is 3.52. The van der Waals surface area contributed by atoms with Crippen molar-refractivity contribution in [2.75, 3.05) is 13.1 Å². The molecule has 0 aromatic carbocycles. The van der Waals surface area contributed by atoms with Gasteiger partial charge >= 0.3 is 0 Å². The van der Waals surface area contributed by atoms with Crippen molar-refractivity contribution in [3.63, 3.8) is 0 Å². The standard InChI is InChI=1S/C10H18N2O2/c1-7-2-3-9(14-7)10(13)12-5-4-8(11)6-12/h7-9H,2-6,11H2,1H3. The minimum Gasteiger partial charge on any atom is -0.365 e. The molecule has 2 heterocycles. The molecule has 0 saturated carbocycles. The molecule has 0 aliphatic carbocycles. The van der Waals surface area contributed by atoms with Gasteiger partial charge in [0.15, 0.2) is 0 Å². The lowest BCUT2D eigenvalue weighted by molar-refractivity contribution is -0.141. The lowest BCUT2D eigenvalue weighted by atomic mass is 10.2. The molecule has 2 N–H and O–H groups in total. The Labute approximate surface area is 84.4 Å². The second-order valence-corrected chi connectivity index (χ2v) is 4.35. The fourth-order valence-electron chi connectivity index (χ4n) is 2.18. The largest absolute Gasteiger partial charge is 0.365 e. The lowest BCUT2D eigenvalue weighted by Gasteiger charge is -2.20. The van der Waals surface area contributed by atoms with Crippen LogP contribution in [0.5, 0.6) is 0 Å². The predicted octanol–water partition coefficient (Wildman–Crippen LogP) is 0.113. The Morgan fingerprint density at radius 2 is 2.21 bits per heavy atom. The molecule has 2 rings (SSSR count). The average Bonchev–Trinajstić information content (AvgIpc) is 2.73. The Kier molecular flexibility index (Phi) is 2.74. The summed E-state index contributed by atoms with van der Waals surface area (Å²) in [4.78, 5) is 13.7. The number of carbonyl (C=O) groups is 1. The van der Waals surface area contributed by atoms with Crippen molar-refractivity contribution in [2.24, 2.45) is 5.73 Å². The summed E-state index contributed by atoms with van der Waals surface area (Å²) in [5.74, 6) is 0.141. The van der Waals surface area contributed by atoms with Gasteiger partial charge in [-0.15, -0.1) is 0 Å². The molecule has 0 aromatic heterocycles. The summed E-state index contributed by atoms with van der Waals surface area (Å²) in [5, 5.41) is 0. The number of hydrogen-bond acceptors (Lipinski definition) is 3. The molecule has 3 atom stereocenters. The van der Waals surface area contributed by atoms with Gasteiger partial charge in [0, 0.05) is 19.1 Å². The summed E-state index contributed by atoms with van der Waals surface area (Å²) in [6, 6.07) is 0.165. The second-order valence-electron chi connectivity index (χ2n) is 4.35. The summed E-state index contributed by atoms with van der Waals surface area (Å²) in [6.07, 6.45) is 2.83. The van der Waals surface area contributed by atoms with Crippen LogP contribution >= 0.6 is 0 Å². The van der Waals surface area contributed by atoms with Gasteiger partial charge in [0.05, 0.1) is 6.10 Å². The van der Waals surface area contributed by atoms with E-state index >= 15 is 0 Å². The van der Waals surface area contributed by atoms with Gasteiger partial charge in [-0.25, -0.2) is 0 Å². The number of hydrogen-bond donors (Lipinski definition) is 1. The minimum absolute atomic E-state index is 0.141. The van der Waals surface area contributed by atoms with Crippen LogP contribution < -0.4 is 5.73 Å². The van der Waals surface area contributed by atoms with E-state index in [1.807, 2.05) is 11.8 Å². The monoisotopic (exact) mass is 198 g/mol. The molecule has 2 saturated heterocycles. The molecule has 3 unspecified atom stereocenters. The SMILES string of the molecule is CC1CCC(C(=O)N2CCC(N)C2)O1. The van der Waals surface area contributed by atoms with E-state index in [1.54, 1.807) is 0 Å². The normalized spacial score (nSPS) is 37.9. The van der Waals surface area contributed by atoms with E-state index in [4.69, 9.17) is 10.5 Å². The Balaban J connectivity index is 1.89. The van der Waals surface area contributed by atoms with Crippen molar-refractivity contribution >= 4 is 5.91 Å². The van der Waals surface area contributed by atoms with Crippen LogP contribution in [0.15, 0.2) is 0 Å². The predicted molar refractivity (Wildman–Crippen MR) is 52.7 cm³/mol. The van der Waals surface area contributed by atoms with Crippen molar-refractivity contribution in [1.29, 1.82) is 0 Å². The topological polar surface area (TPSA) is 55.6 Å². The van der Waals surface area contributed by atoms with Gasteiger partial charge < -0.3 is 15.4 Å². The van der Waals surface area contributed by atoms with Gasteiger partial charge in [-0.1, -0.05) is 0 Å². The van der Waals surface area contributed by atoms with E-state index in [0.29, 0.717) is 6.54 Å². The third kappa shape index (κ3) is 1.91. The first-order valence-electron chi connectivity index (χ1n) is 5.36. The molecule has 4 heteroatoms. The Bertz CT molecular complexity index is 210. The van der Waals surface area contributed by atoms with E-state index in [0.717, 1.165) is 25.8 Å². The molecular formula is C10H18N2O2. The third-order valence-electron chi connectivity index (χ3n) is 3.04. The first-order valence-corrected chi connectivity index (χ1v) is 5.36. The zero-order valence-electron chi connectivity index (χ0n) is 8.61. The van der Waals surface area contributed by atoms with Crippen LogP contribution in [-0.2, 0) is 9.53 Å². The number of nitrogens with two attached hydrogens (primary N) is 1. The van der Waals surface area contributed by atoms with Crippen LogP contribution in [-0.4, -0.2) is 42.1 Å². The van der Waals surface area contributed by atoms with Crippen molar-refractivity contribution in [2.45, 2.75) is 44.4 Å². The molecular weight excluding hydrogens is 180 g/mol. The number of likely N-dealkylation sites (tertiary alicyclic amines) is 1. The van der Waals surface area contributed by atoms with Gasteiger partial charge in [0.1, 0.15) is 6.10 Å². The van der Waals surface area contributed by atoms with Gasteiger partial charge in [-0.2, -0.15) is 0 Å². The van der Waals surface area contributed by atoms with Gasteiger partial charge in [0.2, 0.25) is 0 Å². The van der Waals surface area contributed by atoms with Crippen molar-refractivity contribution < 1.29 is 9.53 Å². The van der Waals surface area contributed by atoms with Crippen LogP contribution in [0.25, 0.3) is 0 Å². The molecule has 2 aliphatic heterocycles. The highest BCUT2D eigenvalue weighted by Gasteiger charge is 2.34. The number of rotatable bonds is 1. The highest BCUT2D eigenvalue weighted by molar-refractivity contribution is 5.81. The van der Waals surface area contributed by atoms with E-state index in [-0.39, 0.29) is 24.2 Å².